The number of rotatable bonds is 2. The van der Waals surface area contributed by atoms with Crippen molar-refractivity contribution in [3.63, 3.8) is 0 Å². The van der Waals surface area contributed by atoms with Crippen LogP contribution in [-0.4, -0.2) is 46.2 Å². The van der Waals surface area contributed by atoms with E-state index in [1.165, 1.54) is 6.07 Å². The van der Waals surface area contributed by atoms with Crippen LogP contribution in [0.1, 0.15) is 0 Å². The Morgan fingerprint density at radius 3 is 2.59 bits per heavy atom. The normalized spacial score (nSPS) is 14.8. The van der Waals surface area contributed by atoms with Crippen LogP contribution in [0.15, 0.2) is 42.9 Å². The Morgan fingerprint density at radius 2 is 1.91 bits per heavy atom. The minimum absolute atomic E-state index is 0.303. The number of hydrogen-bond donors (Lipinski definition) is 1. The van der Waals surface area contributed by atoms with Gasteiger partial charge in [-0.3, -0.25) is 4.98 Å². The van der Waals surface area contributed by atoms with Crippen LogP contribution >= 0.6 is 12.2 Å². The van der Waals surface area contributed by atoms with Crippen molar-refractivity contribution in [1.29, 1.82) is 0 Å². The molecule has 2 aromatic rings. The number of para-hydroxylation sites is 1. The van der Waals surface area contributed by atoms with Crippen molar-refractivity contribution in [2.45, 2.75) is 0 Å². The molecule has 1 N–H and O–H groups in total. The molecule has 1 aliphatic heterocycles. The lowest BCUT2D eigenvalue weighted by Crippen LogP contribution is -2.50. The van der Waals surface area contributed by atoms with Crippen LogP contribution in [0, 0.1) is 5.82 Å². The van der Waals surface area contributed by atoms with Gasteiger partial charge in [0.2, 0.25) is 0 Å². The summed E-state index contributed by atoms with van der Waals surface area (Å²) in [4.78, 5) is 12.6. The fourth-order valence-corrected chi connectivity index (χ4v) is 2.64. The van der Waals surface area contributed by atoms with Crippen LogP contribution in [0.2, 0.25) is 0 Å². The predicted molar refractivity (Wildman–Crippen MR) is 88.4 cm³/mol. The maximum atomic E-state index is 13.6. The average Bonchev–Trinajstić information content (AvgIpc) is 2.58. The highest BCUT2D eigenvalue weighted by Crippen LogP contribution is 2.15. The van der Waals surface area contributed by atoms with Gasteiger partial charge in [0.15, 0.2) is 5.11 Å². The molecular formula is C15H16FN5S. The van der Waals surface area contributed by atoms with E-state index in [0.717, 1.165) is 32.0 Å². The molecule has 0 amide bonds. The molecule has 0 aliphatic carbocycles. The summed E-state index contributed by atoms with van der Waals surface area (Å²) in [5, 5.41) is 3.52. The first-order valence-corrected chi connectivity index (χ1v) is 7.46. The molecule has 0 radical (unpaired) electrons. The van der Waals surface area contributed by atoms with E-state index >= 15 is 0 Å². The summed E-state index contributed by atoms with van der Waals surface area (Å²) in [5.41, 5.74) is 0.406. The molecule has 0 bridgehead atoms. The Morgan fingerprint density at radius 1 is 1.14 bits per heavy atom. The Balaban J connectivity index is 1.57. The smallest absolute Gasteiger partial charge is 0.173 e. The van der Waals surface area contributed by atoms with Gasteiger partial charge in [-0.2, -0.15) is 0 Å². The van der Waals surface area contributed by atoms with Gasteiger partial charge in [0.25, 0.3) is 0 Å². The summed E-state index contributed by atoms with van der Waals surface area (Å²) < 4.78 is 13.6. The summed E-state index contributed by atoms with van der Waals surface area (Å²) in [5.74, 6) is 0.568. The standard InChI is InChI=1S/C15H16FN5S/c16-12-3-1-2-4-13(12)19-15(22)21-9-7-20(8-10-21)14-11-17-5-6-18-14/h1-6,11H,7-10H2,(H,19,22). The number of anilines is 2. The van der Waals surface area contributed by atoms with Gasteiger partial charge in [-0.15, -0.1) is 0 Å². The predicted octanol–water partition coefficient (Wildman–Crippen LogP) is 2.13. The number of nitrogens with one attached hydrogen (secondary N) is 1. The third-order valence-corrected chi connectivity index (χ3v) is 3.92. The lowest BCUT2D eigenvalue weighted by atomic mass is 10.3. The van der Waals surface area contributed by atoms with Crippen molar-refractivity contribution in [2.75, 3.05) is 36.4 Å². The minimum Gasteiger partial charge on any atom is -0.352 e. The van der Waals surface area contributed by atoms with E-state index in [1.807, 2.05) is 4.90 Å². The molecule has 0 atom stereocenters. The molecule has 1 aromatic carbocycles. The fourth-order valence-electron chi connectivity index (χ4n) is 2.35. The minimum atomic E-state index is -0.303. The van der Waals surface area contributed by atoms with Crippen LogP contribution in [0.25, 0.3) is 0 Å². The largest absolute Gasteiger partial charge is 0.352 e. The Hall–Kier alpha value is -2.28. The van der Waals surface area contributed by atoms with Crippen molar-refractivity contribution >= 4 is 28.8 Å². The molecule has 1 aliphatic rings. The maximum Gasteiger partial charge on any atom is 0.173 e. The lowest BCUT2D eigenvalue weighted by molar-refractivity contribution is 0.389. The molecule has 0 saturated carbocycles. The summed E-state index contributed by atoms with van der Waals surface area (Å²) >= 11 is 5.37. The van der Waals surface area contributed by atoms with Gasteiger partial charge in [-0.25, -0.2) is 9.37 Å². The van der Waals surface area contributed by atoms with E-state index in [9.17, 15) is 4.39 Å². The van der Waals surface area contributed by atoms with Gasteiger partial charge in [-0.1, -0.05) is 12.1 Å². The number of piperazine rings is 1. The third-order valence-electron chi connectivity index (χ3n) is 3.56. The van der Waals surface area contributed by atoms with Crippen LogP contribution in [0.3, 0.4) is 0 Å². The summed E-state index contributed by atoms with van der Waals surface area (Å²) in [7, 11) is 0. The first kappa shape index (κ1) is 14.6. The van der Waals surface area contributed by atoms with E-state index in [2.05, 4.69) is 20.2 Å². The Bertz CT molecular complexity index is 643. The molecule has 5 nitrogen and oxygen atoms in total. The van der Waals surface area contributed by atoms with Gasteiger partial charge < -0.3 is 15.1 Å². The number of thiocarbonyl (C=S) groups is 1. The van der Waals surface area contributed by atoms with Crippen LogP contribution in [0.4, 0.5) is 15.9 Å². The first-order chi connectivity index (χ1) is 10.7. The molecule has 1 saturated heterocycles. The SMILES string of the molecule is Fc1ccccc1NC(=S)N1CCN(c2cnccn2)CC1. The molecule has 0 unspecified atom stereocenters. The van der Waals surface area contributed by atoms with Crippen molar-refractivity contribution in [2.24, 2.45) is 0 Å². The van der Waals surface area contributed by atoms with Gasteiger partial charge in [0.1, 0.15) is 11.6 Å². The van der Waals surface area contributed by atoms with Gasteiger partial charge >= 0.3 is 0 Å². The maximum absolute atomic E-state index is 13.6. The molecule has 0 spiro atoms. The quantitative estimate of drug-likeness (QED) is 0.856. The number of halogens is 1. The van der Waals surface area contributed by atoms with E-state index in [1.54, 1.807) is 36.8 Å². The number of nitrogens with zero attached hydrogens (tertiary/aromatic N) is 4. The van der Waals surface area contributed by atoms with Gasteiger partial charge in [0.05, 0.1) is 11.9 Å². The molecule has 2 heterocycles. The highest BCUT2D eigenvalue weighted by Gasteiger charge is 2.20. The van der Waals surface area contributed by atoms with Crippen LogP contribution in [0.5, 0.6) is 0 Å². The zero-order valence-corrected chi connectivity index (χ0v) is 12.8. The molecule has 3 rings (SSSR count). The fraction of sp³-hybridized carbons (Fsp3) is 0.267. The summed E-state index contributed by atoms with van der Waals surface area (Å²) in [6, 6.07) is 6.53. The van der Waals surface area contributed by atoms with Crippen molar-refractivity contribution < 1.29 is 4.39 Å². The van der Waals surface area contributed by atoms with E-state index in [-0.39, 0.29) is 5.82 Å². The van der Waals surface area contributed by atoms with E-state index < -0.39 is 0 Å². The van der Waals surface area contributed by atoms with E-state index in [4.69, 9.17) is 12.2 Å². The van der Waals surface area contributed by atoms with Crippen LogP contribution < -0.4 is 10.2 Å². The zero-order chi connectivity index (χ0) is 15.4. The second kappa shape index (κ2) is 6.65. The van der Waals surface area contributed by atoms with E-state index in [0.29, 0.717) is 10.8 Å². The van der Waals surface area contributed by atoms with Crippen molar-refractivity contribution in [3.8, 4) is 0 Å². The van der Waals surface area contributed by atoms with Crippen molar-refractivity contribution in [3.05, 3.63) is 48.7 Å². The second-order valence-corrected chi connectivity index (χ2v) is 5.33. The second-order valence-electron chi connectivity index (χ2n) is 4.95. The van der Waals surface area contributed by atoms with Gasteiger partial charge in [0, 0.05) is 38.6 Å². The monoisotopic (exact) mass is 317 g/mol. The molecular weight excluding hydrogens is 301 g/mol. The third kappa shape index (κ3) is 3.30. The number of hydrogen-bond acceptors (Lipinski definition) is 4. The first-order valence-electron chi connectivity index (χ1n) is 7.05. The number of aromatic nitrogens is 2. The molecule has 1 aromatic heterocycles. The zero-order valence-electron chi connectivity index (χ0n) is 11.9. The van der Waals surface area contributed by atoms with Crippen LogP contribution in [-0.2, 0) is 0 Å². The Kier molecular flexibility index (Phi) is 4.43. The Labute approximate surface area is 133 Å². The lowest BCUT2D eigenvalue weighted by Gasteiger charge is -2.36. The molecule has 22 heavy (non-hydrogen) atoms. The average molecular weight is 317 g/mol. The van der Waals surface area contributed by atoms with Crippen molar-refractivity contribution in [1.82, 2.24) is 14.9 Å². The molecule has 1 fully saturated rings. The number of benzene rings is 1. The summed E-state index contributed by atoms with van der Waals surface area (Å²) in [6.45, 7) is 3.13. The highest BCUT2D eigenvalue weighted by molar-refractivity contribution is 7.80. The van der Waals surface area contributed by atoms with Gasteiger partial charge in [-0.05, 0) is 24.4 Å². The molecule has 7 heteroatoms. The topological polar surface area (TPSA) is 44.3 Å². The summed E-state index contributed by atoms with van der Waals surface area (Å²) in [6.07, 6.45) is 5.10. The highest BCUT2D eigenvalue weighted by atomic mass is 32.1. The molecule has 114 valence electrons.